The number of ether oxygens (including phenoxy) is 1. The van der Waals surface area contributed by atoms with Gasteiger partial charge >= 0.3 is 6.18 Å². The zero-order valence-electron chi connectivity index (χ0n) is 10.3. The smallest absolute Gasteiger partial charge is 0.383 e. The molecule has 0 spiro atoms. The van der Waals surface area contributed by atoms with Crippen LogP contribution < -0.4 is 5.32 Å². The van der Waals surface area contributed by atoms with E-state index in [0.29, 0.717) is 6.07 Å². The first kappa shape index (κ1) is 15.4. The molecule has 0 bridgehead atoms. The largest absolute Gasteiger partial charge is 0.419 e. The van der Waals surface area contributed by atoms with Gasteiger partial charge in [-0.15, -0.1) is 0 Å². The van der Waals surface area contributed by atoms with Gasteiger partial charge in [-0.2, -0.15) is 13.2 Å². The van der Waals surface area contributed by atoms with E-state index in [1.165, 1.54) is 7.11 Å². The van der Waals surface area contributed by atoms with Gasteiger partial charge in [-0.3, -0.25) is 4.79 Å². The van der Waals surface area contributed by atoms with Crippen LogP contribution >= 0.6 is 0 Å². The second-order valence-electron chi connectivity index (χ2n) is 3.99. The summed E-state index contributed by atoms with van der Waals surface area (Å²) in [6, 6.07) is 2.14. The Morgan fingerprint density at radius 3 is 2.58 bits per heavy atom. The van der Waals surface area contributed by atoms with Gasteiger partial charge < -0.3 is 10.1 Å². The number of hydrogen-bond donors (Lipinski definition) is 1. The van der Waals surface area contributed by atoms with Crippen molar-refractivity contribution in [1.29, 1.82) is 0 Å². The van der Waals surface area contributed by atoms with Gasteiger partial charge in [0.1, 0.15) is 5.82 Å². The summed E-state index contributed by atoms with van der Waals surface area (Å²) in [6.45, 7) is 1.76. The predicted molar refractivity (Wildman–Crippen MR) is 60.2 cm³/mol. The third kappa shape index (κ3) is 3.92. The molecule has 1 unspecified atom stereocenters. The Kier molecular flexibility index (Phi) is 4.88. The highest BCUT2D eigenvalue weighted by atomic mass is 19.4. The molecule has 1 aromatic carbocycles. The van der Waals surface area contributed by atoms with Gasteiger partial charge in [-0.25, -0.2) is 4.39 Å². The lowest BCUT2D eigenvalue weighted by Crippen LogP contribution is -2.36. The first-order valence-electron chi connectivity index (χ1n) is 5.43. The van der Waals surface area contributed by atoms with Crippen molar-refractivity contribution in [1.82, 2.24) is 5.32 Å². The topological polar surface area (TPSA) is 38.3 Å². The molecule has 0 heterocycles. The number of carbonyl (C=O) groups is 1. The molecule has 0 aliphatic carbocycles. The number of halogens is 4. The molecule has 0 radical (unpaired) electrons. The van der Waals surface area contributed by atoms with E-state index >= 15 is 0 Å². The van der Waals surface area contributed by atoms with Crippen LogP contribution in [0.15, 0.2) is 18.2 Å². The second kappa shape index (κ2) is 6.01. The molecule has 0 fully saturated rings. The zero-order valence-corrected chi connectivity index (χ0v) is 10.3. The molecule has 7 heteroatoms. The van der Waals surface area contributed by atoms with Crippen LogP contribution in [0.4, 0.5) is 17.6 Å². The molecule has 106 valence electrons. The maximum atomic E-state index is 13.6. The van der Waals surface area contributed by atoms with Crippen LogP contribution in [0.1, 0.15) is 22.8 Å². The lowest BCUT2D eigenvalue weighted by atomic mass is 10.1. The third-order valence-corrected chi connectivity index (χ3v) is 2.34. The second-order valence-corrected chi connectivity index (χ2v) is 3.99. The van der Waals surface area contributed by atoms with Crippen molar-refractivity contribution >= 4 is 5.91 Å². The van der Waals surface area contributed by atoms with Gasteiger partial charge in [0.25, 0.3) is 5.91 Å². The van der Waals surface area contributed by atoms with E-state index in [4.69, 9.17) is 4.74 Å². The summed E-state index contributed by atoms with van der Waals surface area (Å²) in [5, 5.41) is 2.35. The van der Waals surface area contributed by atoms with Crippen LogP contribution in [-0.2, 0) is 10.9 Å². The molecule has 0 aromatic heterocycles. The van der Waals surface area contributed by atoms with Crippen molar-refractivity contribution in [2.45, 2.75) is 19.1 Å². The van der Waals surface area contributed by atoms with Crippen LogP contribution in [0.5, 0.6) is 0 Å². The van der Waals surface area contributed by atoms with E-state index in [-0.39, 0.29) is 6.61 Å². The maximum absolute atomic E-state index is 13.6. The van der Waals surface area contributed by atoms with Crippen molar-refractivity contribution in [3.05, 3.63) is 35.1 Å². The summed E-state index contributed by atoms with van der Waals surface area (Å²) in [4.78, 5) is 11.7. The molecule has 0 saturated carbocycles. The zero-order chi connectivity index (χ0) is 14.6. The number of nitrogens with one attached hydrogen (secondary N) is 1. The molecular weight excluding hydrogens is 266 g/mol. The number of benzene rings is 1. The van der Waals surface area contributed by atoms with Crippen molar-refractivity contribution in [2.24, 2.45) is 0 Å². The van der Waals surface area contributed by atoms with Gasteiger partial charge in [0.15, 0.2) is 0 Å². The highest BCUT2D eigenvalue weighted by Gasteiger charge is 2.35. The van der Waals surface area contributed by atoms with Crippen LogP contribution in [0, 0.1) is 5.82 Å². The molecule has 1 rings (SSSR count). The first-order chi connectivity index (χ1) is 8.77. The number of hydrogen-bond acceptors (Lipinski definition) is 2. The Morgan fingerprint density at radius 2 is 2.05 bits per heavy atom. The fourth-order valence-electron chi connectivity index (χ4n) is 1.52. The Balaban J connectivity index is 2.99. The molecule has 0 saturated heterocycles. The van der Waals surface area contributed by atoms with Crippen molar-refractivity contribution < 1.29 is 27.1 Å². The lowest BCUT2D eigenvalue weighted by Gasteiger charge is -2.14. The van der Waals surface area contributed by atoms with Crippen LogP contribution in [0.3, 0.4) is 0 Å². The van der Waals surface area contributed by atoms with E-state index in [1.807, 2.05) is 0 Å². The summed E-state index contributed by atoms with van der Waals surface area (Å²) < 4.78 is 55.9. The van der Waals surface area contributed by atoms with E-state index in [0.717, 1.165) is 12.1 Å². The quantitative estimate of drug-likeness (QED) is 0.860. The number of carbonyl (C=O) groups excluding carboxylic acids is 1. The average Bonchev–Trinajstić information content (AvgIpc) is 2.27. The predicted octanol–water partition coefficient (Wildman–Crippen LogP) is 2.61. The molecule has 1 N–H and O–H groups in total. The minimum Gasteiger partial charge on any atom is -0.383 e. The summed E-state index contributed by atoms with van der Waals surface area (Å²) in [5.74, 6) is -2.48. The summed E-state index contributed by atoms with van der Waals surface area (Å²) in [6.07, 6.45) is -4.83. The number of alkyl halides is 3. The Bertz CT molecular complexity index is 460. The van der Waals surface area contributed by atoms with Gasteiger partial charge in [0, 0.05) is 13.2 Å². The molecular formula is C12H13F4NO2. The fraction of sp³-hybridized carbons (Fsp3) is 0.417. The normalized spacial score (nSPS) is 13.2. The third-order valence-electron chi connectivity index (χ3n) is 2.34. The maximum Gasteiger partial charge on any atom is 0.419 e. The van der Waals surface area contributed by atoms with Gasteiger partial charge in [0.05, 0.1) is 17.7 Å². The minimum atomic E-state index is -4.83. The van der Waals surface area contributed by atoms with Gasteiger partial charge in [-0.1, -0.05) is 6.07 Å². The molecule has 3 nitrogen and oxygen atoms in total. The minimum absolute atomic E-state index is 0.173. The average molecular weight is 279 g/mol. The van der Waals surface area contributed by atoms with E-state index in [9.17, 15) is 22.4 Å². The highest BCUT2D eigenvalue weighted by molar-refractivity contribution is 5.94. The Labute approximate surface area is 107 Å². The van der Waals surface area contributed by atoms with E-state index < -0.39 is 35.1 Å². The SMILES string of the molecule is COCC(C)NC(=O)c1cccc(C(F)(F)F)c1F. The first-order valence-corrected chi connectivity index (χ1v) is 5.43. The van der Waals surface area contributed by atoms with Crippen LogP contribution in [-0.4, -0.2) is 25.7 Å². The summed E-state index contributed by atoms with van der Waals surface area (Å²) in [5.41, 5.74) is -2.10. The van der Waals surface area contributed by atoms with Crippen molar-refractivity contribution in [3.8, 4) is 0 Å². The number of rotatable bonds is 4. The molecule has 0 aliphatic rings. The summed E-state index contributed by atoms with van der Waals surface area (Å²) in [7, 11) is 1.41. The van der Waals surface area contributed by atoms with Gasteiger partial charge in [0.2, 0.25) is 0 Å². The standard InChI is InChI=1S/C12H13F4NO2/c1-7(6-19-2)17-11(18)8-4-3-5-9(10(8)13)12(14,15)16/h3-5,7H,6H2,1-2H3,(H,17,18). The number of amides is 1. The Morgan fingerprint density at radius 1 is 1.42 bits per heavy atom. The van der Waals surface area contributed by atoms with Crippen LogP contribution in [0.2, 0.25) is 0 Å². The highest BCUT2D eigenvalue weighted by Crippen LogP contribution is 2.32. The monoisotopic (exact) mass is 279 g/mol. The molecule has 0 aliphatic heterocycles. The molecule has 1 aromatic rings. The fourth-order valence-corrected chi connectivity index (χ4v) is 1.52. The number of methoxy groups -OCH3 is 1. The van der Waals surface area contributed by atoms with Crippen molar-refractivity contribution in [3.63, 3.8) is 0 Å². The van der Waals surface area contributed by atoms with E-state index in [2.05, 4.69) is 5.32 Å². The van der Waals surface area contributed by atoms with Crippen molar-refractivity contribution in [2.75, 3.05) is 13.7 Å². The van der Waals surface area contributed by atoms with Crippen LogP contribution in [0.25, 0.3) is 0 Å². The van der Waals surface area contributed by atoms with Gasteiger partial charge in [-0.05, 0) is 19.1 Å². The molecule has 19 heavy (non-hydrogen) atoms. The lowest BCUT2D eigenvalue weighted by molar-refractivity contribution is -0.140. The molecule has 1 atom stereocenters. The Hall–Kier alpha value is -1.63. The van der Waals surface area contributed by atoms with E-state index in [1.54, 1.807) is 6.92 Å². The molecule has 1 amide bonds. The summed E-state index contributed by atoms with van der Waals surface area (Å²) >= 11 is 0.